The molecule has 0 amide bonds. The number of esters is 2. The highest BCUT2D eigenvalue weighted by molar-refractivity contribution is 6.74. The van der Waals surface area contributed by atoms with Gasteiger partial charge < -0.3 is 18.6 Å². The summed E-state index contributed by atoms with van der Waals surface area (Å²) >= 11 is 0. The molecule has 1 aromatic carbocycles. The average Bonchev–Trinajstić information content (AvgIpc) is 2.55. The highest BCUT2D eigenvalue weighted by Crippen LogP contribution is 2.37. The number of rotatable bonds is 7. The van der Waals surface area contributed by atoms with Gasteiger partial charge in [-0.15, -0.1) is 0 Å². The topological polar surface area (TPSA) is 71.1 Å². The fourth-order valence-corrected chi connectivity index (χ4v) is 3.26. The monoisotopic (exact) mass is 410 g/mol. The van der Waals surface area contributed by atoms with Crippen LogP contribution in [0.4, 0.5) is 0 Å². The molecule has 0 aliphatic heterocycles. The zero-order valence-corrected chi connectivity index (χ0v) is 19.5. The van der Waals surface area contributed by atoms with E-state index in [1.54, 1.807) is 24.3 Å². The summed E-state index contributed by atoms with van der Waals surface area (Å²) in [7, 11) is -0.885. The van der Waals surface area contributed by atoms with Gasteiger partial charge in [0.1, 0.15) is 18.0 Å². The standard InChI is InChI=1S/C21H34O6Si/c1-20(2,3)26-19(23)17(27-28(8,9)21(4,5)6)14-25-16-12-10-15(11-13-16)18(22)24-7/h10-13,17H,14H2,1-9H3. The number of carbonyl (C=O) groups excluding carboxylic acids is 2. The summed E-state index contributed by atoms with van der Waals surface area (Å²) < 4.78 is 22.3. The van der Waals surface area contributed by atoms with Gasteiger partial charge in [-0.05, 0) is 63.2 Å². The second-order valence-electron chi connectivity index (χ2n) is 9.23. The van der Waals surface area contributed by atoms with Crippen molar-refractivity contribution in [2.24, 2.45) is 0 Å². The van der Waals surface area contributed by atoms with Gasteiger partial charge in [-0.1, -0.05) is 20.8 Å². The van der Waals surface area contributed by atoms with Gasteiger partial charge in [0.25, 0.3) is 0 Å². The first kappa shape index (κ1) is 24.2. The van der Waals surface area contributed by atoms with Crippen LogP contribution in [-0.2, 0) is 18.7 Å². The van der Waals surface area contributed by atoms with Gasteiger partial charge in [0.2, 0.25) is 0 Å². The molecular weight excluding hydrogens is 376 g/mol. The molecule has 1 rings (SSSR count). The van der Waals surface area contributed by atoms with Crippen molar-refractivity contribution < 1.29 is 28.2 Å². The van der Waals surface area contributed by atoms with Crippen LogP contribution in [0.2, 0.25) is 18.1 Å². The van der Waals surface area contributed by atoms with E-state index in [1.165, 1.54) is 7.11 Å². The molecule has 0 spiro atoms. The predicted molar refractivity (Wildman–Crippen MR) is 111 cm³/mol. The third-order valence-electron chi connectivity index (χ3n) is 4.59. The molecule has 0 aliphatic carbocycles. The summed E-state index contributed by atoms with van der Waals surface area (Å²) in [5, 5.41) is -0.0601. The fourth-order valence-electron chi connectivity index (χ4n) is 2.03. The van der Waals surface area contributed by atoms with E-state index in [-0.39, 0.29) is 11.6 Å². The highest BCUT2D eigenvalue weighted by atomic mass is 28.4. The highest BCUT2D eigenvalue weighted by Gasteiger charge is 2.42. The first-order chi connectivity index (χ1) is 12.7. The summed E-state index contributed by atoms with van der Waals surface area (Å²) in [6.07, 6.45) is -0.833. The molecule has 158 valence electrons. The van der Waals surface area contributed by atoms with Gasteiger partial charge in [0, 0.05) is 0 Å². The van der Waals surface area contributed by atoms with Crippen LogP contribution >= 0.6 is 0 Å². The molecule has 0 saturated carbocycles. The molecule has 0 aromatic heterocycles. The number of ether oxygens (including phenoxy) is 3. The summed E-state index contributed by atoms with van der Waals surface area (Å²) in [5.74, 6) is -0.331. The minimum absolute atomic E-state index is 0.0268. The molecule has 0 aliphatic rings. The molecule has 0 bridgehead atoms. The van der Waals surface area contributed by atoms with Crippen molar-refractivity contribution in [3.63, 3.8) is 0 Å². The van der Waals surface area contributed by atoms with E-state index < -0.39 is 32.0 Å². The summed E-state index contributed by atoms with van der Waals surface area (Å²) in [6.45, 7) is 16.0. The Labute approximate surface area is 169 Å². The lowest BCUT2D eigenvalue weighted by Gasteiger charge is -2.39. The molecule has 28 heavy (non-hydrogen) atoms. The van der Waals surface area contributed by atoms with Crippen LogP contribution in [0.1, 0.15) is 51.9 Å². The Hall–Kier alpha value is -1.86. The van der Waals surface area contributed by atoms with E-state index in [0.29, 0.717) is 11.3 Å². The quantitative estimate of drug-likeness (QED) is 0.484. The Morgan fingerprint density at radius 2 is 1.54 bits per heavy atom. The van der Waals surface area contributed by atoms with Crippen molar-refractivity contribution in [2.45, 2.75) is 71.4 Å². The molecule has 0 radical (unpaired) electrons. The van der Waals surface area contributed by atoms with Crippen LogP contribution in [0.15, 0.2) is 24.3 Å². The lowest BCUT2D eigenvalue weighted by atomic mass is 10.2. The van der Waals surface area contributed by atoms with Crippen molar-refractivity contribution in [3.8, 4) is 5.75 Å². The van der Waals surface area contributed by atoms with Gasteiger partial charge in [-0.25, -0.2) is 9.59 Å². The van der Waals surface area contributed by atoms with E-state index in [9.17, 15) is 9.59 Å². The first-order valence-electron chi connectivity index (χ1n) is 9.38. The molecule has 0 heterocycles. The van der Waals surface area contributed by atoms with Gasteiger partial charge in [0.15, 0.2) is 14.4 Å². The van der Waals surface area contributed by atoms with Crippen LogP contribution in [0, 0.1) is 0 Å². The Morgan fingerprint density at radius 3 is 1.96 bits per heavy atom. The van der Waals surface area contributed by atoms with E-state index in [1.807, 2.05) is 20.8 Å². The molecule has 7 heteroatoms. The van der Waals surface area contributed by atoms with Gasteiger partial charge in [-0.3, -0.25) is 0 Å². The van der Waals surface area contributed by atoms with Gasteiger partial charge in [-0.2, -0.15) is 0 Å². The molecule has 0 N–H and O–H groups in total. The largest absolute Gasteiger partial charge is 0.490 e. The van der Waals surface area contributed by atoms with E-state index in [4.69, 9.17) is 13.9 Å². The minimum Gasteiger partial charge on any atom is -0.490 e. The van der Waals surface area contributed by atoms with Crippen LogP contribution in [0.5, 0.6) is 5.75 Å². The molecule has 0 saturated heterocycles. The van der Waals surface area contributed by atoms with Crippen LogP contribution in [0.3, 0.4) is 0 Å². The zero-order chi connectivity index (χ0) is 21.8. The minimum atomic E-state index is -2.22. The van der Waals surface area contributed by atoms with Crippen LogP contribution in [-0.4, -0.2) is 45.7 Å². The summed E-state index contributed by atoms with van der Waals surface area (Å²) in [5.41, 5.74) is -0.190. The van der Waals surface area contributed by atoms with Crippen LogP contribution in [0.25, 0.3) is 0 Å². The van der Waals surface area contributed by atoms with Crippen molar-refractivity contribution in [1.29, 1.82) is 0 Å². The zero-order valence-electron chi connectivity index (χ0n) is 18.5. The second-order valence-corrected chi connectivity index (χ2v) is 14.0. The SMILES string of the molecule is COC(=O)c1ccc(OCC(O[Si](C)(C)C(C)(C)C)C(=O)OC(C)(C)C)cc1. The number of hydrogen-bond acceptors (Lipinski definition) is 6. The Kier molecular flexibility index (Phi) is 7.85. The van der Waals surface area contributed by atoms with Crippen LogP contribution < -0.4 is 4.74 Å². The number of methoxy groups -OCH3 is 1. The maximum absolute atomic E-state index is 12.7. The van der Waals surface area contributed by atoms with Gasteiger partial charge >= 0.3 is 11.9 Å². The van der Waals surface area contributed by atoms with E-state index in [0.717, 1.165) is 0 Å². The maximum atomic E-state index is 12.7. The Balaban J connectivity index is 2.93. The normalized spacial score (nSPS) is 13.6. The summed E-state index contributed by atoms with van der Waals surface area (Å²) in [4.78, 5) is 24.2. The van der Waals surface area contributed by atoms with Crippen molar-refractivity contribution in [3.05, 3.63) is 29.8 Å². The van der Waals surface area contributed by atoms with E-state index in [2.05, 4.69) is 38.6 Å². The smallest absolute Gasteiger partial charge is 0.338 e. The lowest BCUT2D eigenvalue weighted by Crippen LogP contribution is -2.49. The maximum Gasteiger partial charge on any atom is 0.338 e. The predicted octanol–water partition coefficient (Wildman–Crippen LogP) is 4.58. The first-order valence-corrected chi connectivity index (χ1v) is 12.3. The summed E-state index contributed by atoms with van der Waals surface area (Å²) in [6, 6.07) is 6.53. The third kappa shape index (κ3) is 7.28. The Morgan fingerprint density at radius 1 is 1.00 bits per heavy atom. The Bertz CT molecular complexity index is 668. The van der Waals surface area contributed by atoms with Gasteiger partial charge in [0.05, 0.1) is 12.7 Å². The molecular formula is C21H34O6Si. The average molecular weight is 411 g/mol. The second kappa shape index (κ2) is 9.09. The lowest BCUT2D eigenvalue weighted by molar-refractivity contribution is -0.165. The fraction of sp³-hybridized carbons (Fsp3) is 0.619. The van der Waals surface area contributed by atoms with Crippen molar-refractivity contribution in [2.75, 3.05) is 13.7 Å². The van der Waals surface area contributed by atoms with Crippen molar-refractivity contribution >= 4 is 20.3 Å². The number of carbonyl (C=O) groups is 2. The molecule has 6 nitrogen and oxygen atoms in total. The van der Waals surface area contributed by atoms with Crippen molar-refractivity contribution in [1.82, 2.24) is 0 Å². The third-order valence-corrected chi connectivity index (χ3v) is 9.08. The van der Waals surface area contributed by atoms with E-state index >= 15 is 0 Å². The molecule has 1 unspecified atom stereocenters. The molecule has 0 fully saturated rings. The molecule has 1 atom stereocenters. The molecule has 1 aromatic rings. The number of hydrogen-bond donors (Lipinski definition) is 0. The number of benzene rings is 1.